The standard InChI is InChI=1S/C13H11BrOS/c1-8-7-10(3-4-11(8)14)13-6-5-12(16-13)9(2)15/h3-7H,1-2H3. The molecule has 0 saturated heterocycles. The van der Waals surface area contributed by atoms with Crippen molar-refractivity contribution in [3.05, 3.63) is 45.2 Å². The Balaban J connectivity index is 2.42. The van der Waals surface area contributed by atoms with Gasteiger partial charge in [-0.05, 0) is 49.2 Å². The molecule has 0 aliphatic heterocycles. The van der Waals surface area contributed by atoms with Crippen molar-refractivity contribution in [3.63, 3.8) is 0 Å². The second-order valence-electron chi connectivity index (χ2n) is 3.68. The average molecular weight is 295 g/mol. The molecule has 2 rings (SSSR count). The summed E-state index contributed by atoms with van der Waals surface area (Å²) in [7, 11) is 0. The highest BCUT2D eigenvalue weighted by molar-refractivity contribution is 9.10. The molecule has 1 nitrogen and oxygen atoms in total. The second kappa shape index (κ2) is 4.52. The number of carbonyl (C=O) groups is 1. The van der Waals surface area contributed by atoms with Crippen LogP contribution in [0.1, 0.15) is 22.2 Å². The van der Waals surface area contributed by atoms with Gasteiger partial charge in [0.2, 0.25) is 0 Å². The lowest BCUT2D eigenvalue weighted by molar-refractivity contribution is 0.102. The maximum Gasteiger partial charge on any atom is 0.169 e. The van der Waals surface area contributed by atoms with Crippen molar-refractivity contribution in [3.8, 4) is 10.4 Å². The third-order valence-electron chi connectivity index (χ3n) is 2.40. The van der Waals surface area contributed by atoms with E-state index in [0.717, 1.165) is 14.2 Å². The van der Waals surface area contributed by atoms with Crippen LogP contribution in [0.5, 0.6) is 0 Å². The number of halogens is 1. The minimum absolute atomic E-state index is 0.130. The summed E-state index contributed by atoms with van der Waals surface area (Å²) in [5.41, 5.74) is 2.37. The quantitative estimate of drug-likeness (QED) is 0.735. The van der Waals surface area contributed by atoms with Gasteiger partial charge in [0.25, 0.3) is 0 Å². The van der Waals surface area contributed by atoms with E-state index in [1.807, 2.05) is 18.2 Å². The van der Waals surface area contributed by atoms with Gasteiger partial charge in [-0.3, -0.25) is 4.79 Å². The van der Waals surface area contributed by atoms with Gasteiger partial charge in [0, 0.05) is 9.35 Å². The highest BCUT2D eigenvalue weighted by atomic mass is 79.9. The molecule has 1 heterocycles. The maximum absolute atomic E-state index is 11.2. The highest BCUT2D eigenvalue weighted by Crippen LogP contribution is 2.30. The summed E-state index contributed by atoms with van der Waals surface area (Å²) < 4.78 is 1.11. The summed E-state index contributed by atoms with van der Waals surface area (Å²) in [5.74, 6) is 0.130. The Bertz CT molecular complexity index is 543. The van der Waals surface area contributed by atoms with E-state index < -0.39 is 0 Å². The molecule has 0 unspecified atom stereocenters. The fourth-order valence-corrected chi connectivity index (χ4v) is 2.62. The number of thiophene rings is 1. The zero-order valence-electron chi connectivity index (χ0n) is 9.08. The molecule has 0 saturated carbocycles. The van der Waals surface area contributed by atoms with Crippen molar-refractivity contribution >= 4 is 33.0 Å². The topological polar surface area (TPSA) is 17.1 Å². The van der Waals surface area contributed by atoms with E-state index in [1.54, 1.807) is 18.3 Å². The van der Waals surface area contributed by atoms with Crippen LogP contribution >= 0.6 is 27.3 Å². The van der Waals surface area contributed by atoms with Gasteiger partial charge >= 0.3 is 0 Å². The second-order valence-corrected chi connectivity index (χ2v) is 5.62. The first-order valence-electron chi connectivity index (χ1n) is 4.95. The van der Waals surface area contributed by atoms with Gasteiger partial charge in [-0.25, -0.2) is 0 Å². The predicted octanol–water partition coefficient (Wildman–Crippen LogP) is 4.69. The van der Waals surface area contributed by atoms with E-state index in [9.17, 15) is 4.79 Å². The van der Waals surface area contributed by atoms with E-state index >= 15 is 0 Å². The van der Waals surface area contributed by atoms with Crippen LogP contribution in [0.2, 0.25) is 0 Å². The molecule has 2 aromatic rings. The normalized spacial score (nSPS) is 10.4. The Morgan fingerprint density at radius 1 is 1.25 bits per heavy atom. The van der Waals surface area contributed by atoms with Gasteiger partial charge in [0.15, 0.2) is 5.78 Å². The molecular weight excluding hydrogens is 284 g/mol. The van der Waals surface area contributed by atoms with Crippen LogP contribution in [0.15, 0.2) is 34.8 Å². The molecule has 0 aliphatic rings. The molecule has 0 aliphatic carbocycles. The monoisotopic (exact) mass is 294 g/mol. The Morgan fingerprint density at radius 2 is 2.00 bits per heavy atom. The molecule has 1 aromatic heterocycles. The van der Waals surface area contributed by atoms with Crippen molar-refractivity contribution in [1.82, 2.24) is 0 Å². The number of Topliss-reactive ketones (excluding diaryl/α,β-unsaturated/α-hetero) is 1. The third-order valence-corrected chi connectivity index (χ3v) is 4.52. The van der Waals surface area contributed by atoms with Crippen molar-refractivity contribution in [2.45, 2.75) is 13.8 Å². The largest absolute Gasteiger partial charge is 0.294 e. The number of benzene rings is 1. The fraction of sp³-hybridized carbons (Fsp3) is 0.154. The minimum Gasteiger partial charge on any atom is -0.294 e. The summed E-state index contributed by atoms with van der Waals surface area (Å²) in [6.07, 6.45) is 0. The number of ketones is 1. The van der Waals surface area contributed by atoms with Crippen molar-refractivity contribution in [2.75, 3.05) is 0 Å². The van der Waals surface area contributed by atoms with Gasteiger partial charge in [-0.2, -0.15) is 0 Å². The molecule has 1 aromatic carbocycles. The van der Waals surface area contributed by atoms with E-state index in [1.165, 1.54) is 11.1 Å². The molecule has 16 heavy (non-hydrogen) atoms. The van der Waals surface area contributed by atoms with Crippen molar-refractivity contribution < 1.29 is 4.79 Å². The predicted molar refractivity (Wildman–Crippen MR) is 72.2 cm³/mol. The lowest BCUT2D eigenvalue weighted by Crippen LogP contribution is -1.83. The van der Waals surface area contributed by atoms with Gasteiger partial charge in [0.1, 0.15) is 0 Å². The summed E-state index contributed by atoms with van der Waals surface area (Å²) in [5, 5.41) is 0. The maximum atomic E-state index is 11.2. The molecule has 0 atom stereocenters. The molecule has 82 valence electrons. The first-order chi connectivity index (χ1) is 7.58. The van der Waals surface area contributed by atoms with Gasteiger partial charge in [-0.1, -0.05) is 22.0 Å². The molecular formula is C13H11BrOS. The average Bonchev–Trinajstić information content (AvgIpc) is 2.71. The Morgan fingerprint density at radius 3 is 2.56 bits per heavy atom. The summed E-state index contributed by atoms with van der Waals surface area (Å²) >= 11 is 5.02. The molecule has 0 N–H and O–H groups in total. The smallest absolute Gasteiger partial charge is 0.169 e. The summed E-state index contributed by atoms with van der Waals surface area (Å²) in [6, 6.07) is 10.1. The third kappa shape index (κ3) is 2.25. The van der Waals surface area contributed by atoms with E-state index in [-0.39, 0.29) is 5.78 Å². The number of rotatable bonds is 2. The number of carbonyl (C=O) groups excluding carboxylic acids is 1. The molecule has 0 bridgehead atoms. The lowest BCUT2D eigenvalue weighted by Gasteiger charge is -2.01. The van der Waals surface area contributed by atoms with Gasteiger partial charge in [0.05, 0.1) is 4.88 Å². The number of hydrogen-bond acceptors (Lipinski definition) is 2. The zero-order chi connectivity index (χ0) is 11.7. The van der Waals surface area contributed by atoms with Crippen LogP contribution in [0.25, 0.3) is 10.4 Å². The summed E-state index contributed by atoms with van der Waals surface area (Å²) in [6.45, 7) is 3.66. The Hall–Kier alpha value is -0.930. The Labute approximate surface area is 107 Å². The first kappa shape index (κ1) is 11.6. The van der Waals surface area contributed by atoms with Crippen LogP contribution in [0.4, 0.5) is 0 Å². The summed E-state index contributed by atoms with van der Waals surface area (Å²) in [4.78, 5) is 13.2. The highest BCUT2D eigenvalue weighted by Gasteiger charge is 2.06. The zero-order valence-corrected chi connectivity index (χ0v) is 11.5. The molecule has 3 heteroatoms. The van der Waals surface area contributed by atoms with Crippen LogP contribution in [-0.2, 0) is 0 Å². The molecule has 0 spiro atoms. The van der Waals surface area contributed by atoms with E-state index in [2.05, 4.69) is 35.0 Å². The van der Waals surface area contributed by atoms with Crippen molar-refractivity contribution in [2.24, 2.45) is 0 Å². The first-order valence-corrected chi connectivity index (χ1v) is 6.56. The molecule has 0 fully saturated rings. The number of aryl methyl sites for hydroxylation is 1. The molecule has 0 radical (unpaired) electrons. The number of hydrogen-bond donors (Lipinski definition) is 0. The lowest BCUT2D eigenvalue weighted by atomic mass is 10.1. The van der Waals surface area contributed by atoms with Gasteiger partial charge < -0.3 is 0 Å². The minimum atomic E-state index is 0.130. The SMILES string of the molecule is CC(=O)c1ccc(-c2ccc(Br)c(C)c2)s1. The Kier molecular flexibility index (Phi) is 3.26. The van der Waals surface area contributed by atoms with Crippen LogP contribution in [0.3, 0.4) is 0 Å². The van der Waals surface area contributed by atoms with Crippen molar-refractivity contribution in [1.29, 1.82) is 0 Å². The fourth-order valence-electron chi connectivity index (χ4n) is 1.48. The van der Waals surface area contributed by atoms with E-state index in [4.69, 9.17) is 0 Å². The van der Waals surface area contributed by atoms with Crippen LogP contribution in [0, 0.1) is 6.92 Å². The van der Waals surface area contributed by atoms with Crippen LogP contribution < -0.4 is 0 Å². The van der Waals surface area contributed by atoms with Gasteiger partial charge in [-0.15, -0.1) is 11.3 Å². The van der Waals surface area contributed by atoms with E-state index in [0.29, 0.717) is 0 Å². The molecule has 0 amide bonds. The van der Waals surface area contributed by atoms with Crippen LogP contribution in [-0.4, -0.2) is 5.78 Å².